The minimum absolute atomic E-state index is 0.131. The lowest BCUT2D eigenvalue weighted by Gasteiger charge is -2.62. The molecule has 0 radical (unpaired) electrons. The number of phosphoric acid groups is 1. The molecule has 0 amide bonds. The number of aliphatic hydroxyl groups excluding tert-OH is 1. The van der Waals surface area contributed by atoms with Crippen molar-refractivity contribution in [3.05, 3.63) is 91.3 Å². The van der Waals surface area contributed by atoms with Crippen molar-refractivity contribution in [2.75, 3.05) is 13.2 Å². The molecule has 2 aromatic rings. The molecule has 1 aromatic heterocycles. The Hall–Kier alpha value is -4.51. The van der Waals surface area contributed by atoms with Crippen LogP contribution in [0.2, 0.25) is 18.1 Å². The molecule has 2 heterocycles. The molecule has 5 aliphatic rings. The highest BCUT2D eigenvalue weighted by molar-refractivity contribution is 7.47. The van der Waals surface area contributed by atoms with Gasteiger partial charge in [0.15, 0.2) is 31.8 Å². The maximum absolute atomic E-state index is 17.7. The topological polar surface area (TPSA) is 282 Å². The molecule has 1 unspecified atom stereocenters. The zero-order valence-electron chi connectivity index (χ0n) is 38.3. The lowest BCUT2D eigenvalue weighted by molar-refractivity contribution is -0.384. The Labute approximate surface area is 385 Å². The maximum Gasteiger partial charge on any atom is 0.513 e. The zero-order valence-corrected chi connectivity index (χ0v) is 40.2. The van der Waals surface area contributed by atoms with Gasteiger partial charge in [0.25, 0.3) is 11.2 Å². The van der Waals surface area contributed by atoms with Crippen LogP contribution in [0.4, 0.5) is 14.9 Å². The van der Waals surface area contributed by atoms with Gasteiger partial charge < -0.3 is 33.7 Å². The van der Waals surface area contributed by atoms with Gasteiger partial charge in [-0.1, -0.05) is 46.3 Å². The van der Waals surface area contributed by atoms with Crippen LogP contribution in [0.1, 0.15) is 73.5 Å². The summed E-state index contributed by atoms with van der Waals surface area (Å²) in [5.41, 5.74) is -8.72. The summed E-state index contributed by atoms with van der Waals surface area (Å²) in [5, 5.41) is 34.8. The minimum Gasteiger partial charge on any atom is -0.431 e. The molecule has 23 heteroatoms. The van der Waals surface area contributed by atoms with Crippen molar-refractivity contribution >= 4 is 39.5 Å². The molecule has 0 bridgehead atoms. The molecule has 4 aliphatic carbocycles. The van der Waals surface area contributed by atoms with Gasteiger partial charge in [-0.25, -0.2) is 18.5 Å². The number of benzene rings is 1. The number of phosphoric ester groups is 1. The number of hydrogen-bond acceptors (Lipinski definition) is 16. The van der Waals surface area contributed by atoms with Gasteiger partial charge in [-0.2, -0.15) is 0 Å². The van der Waals surface area contributed by atoms with E-state index < -0.39 is 133 Å². The van der Waals surface area contributed by atoms with Gasteiger partial charge >= 0.3 is 19.7 Å². The van der Waals surface area contributed by atoms with E-state index >= 15 is 4.39 Å². The Balaban J connectivity index is 1.15. The number of aromatic amines is 1. The van der Waals surface area contributed by atoms with Crippen molar-refractivity contribution < 1.29 is 71.1 Å². The summed E-state index contributed by atoms with van der Waals surface area (Å²) in [5.74, 6) is -3.76. The van der Waals surface area contributed by atoms with Crippen molar-refractivity contribution in [1.82, 2.24) is 9.55 Å². The summed E-state index contributed by atoms with van der Waals surface area (Å²) in [6, 6.07) is 5.50. The number of allylic oxidation sites excluding steroid dienone is 4. The number of non-ortho nitro benzene ring substituents is 1. The molecule has 20 nitrogen and oxygen atoms in total. The molecule has 7 rings (SSSR count). The number of H-pyrrole nitrogens is 1. The Morgan fingerprint density at radius 2 is 1.78 bits per heavy atom. The van der Waals surface area contributed by atoms with E-state index in [4.69, 9.17) is 27.7 Å². The first kappa shape index (κ1) is 50.4. The minimum atomic E-state index is -5.45. The second-order valence-corrected chi connectivity index (χ2v) is 26.4. The highest BCUT2D eigenvalue weighted by atomic mass is 31.2. The standard InChI is InChI=1S/C44H57FN3O17PSi/c1-24-19-30-29-14-9-25-20-27(49)15-17-41(25,5)43(29,45)32(50)21-42(30,6)44(24,55)33(51)23-61-66(58,59)64-35-31(22-60-39(54)62-28-12-10-26(11-13-28)48(56)57)63-37(47-18-16-34(52)46-38(47)53)36(35)65-67(7,8)40(2,3)4/h10-13,15-18,20,24,29-32,35-37,50,55H,9,14,19,21-23H2,1-8H3,(H,58,59)(H,46,52,53)/t24-,29+,30+,31-,32+,35-,36-,37-,41+,42+,43+,44+/m1/s1. The average molecular weight is 978 g/mol. The summed E-state index contributed by atoms with van der Waals surface area (Å²) in [7, 11) is -8.42. The van der Waals surface area contributed by atoms with Crippen LogP contribution in [-0.2, 0) is 37.1 Å². The number of nitrogens with one attached hydrogen (secondary N) is 1. The highest BCUT2D eigenvalue weighted by Gasteiger charge is 2.75. The molecule has 0 spiro atoms. The van der Waals surface area contributed by atoms with Gasteiger partial charge in [-0.3, -0.25) is 43.1 Å². The number of nitrogens with zero attached hydrogens (tertiary/aromatic N) is 2. The number of rotatable bonds is 13. The fourth-order valence-corrected chi connectivity index (χ4v) is 13.1. The van der Waals surface area contributed by atoms with E-state index in [0.29, 0.717) is 12.0 Å². The molecule has 4 fully saturated rings. The number of alkyl halides is 1. The summed E-state index contributed by atoms with van der Waals surface area (Å²) in [6.45, 7) is 12.2. The maximum atomic E-state index is 17.7. The Bertz CT molecular complexity index is 2560. The van der Waals surface area contributed by atoms with Crippen molar-refractivity contribution in [1.29, 1.82) is 0 Å². The second-order valence-electron chi connectivity index (χ2n) is 20.2. The van der Waals surface area contributed by atoms with E-state index in [1.54, 1.807) is 20.8 Å². The number of Topliss-reactive ketones (excluding diaryl/α,β-unsaturated/α-hetero) is 1. The number of carbonyl (C=O) groups is 3. The molecule has 1 saturated heterocycles. The largest absolute Gasteiger partial charge is 0.513 e. The number of hydrogen-bond donors (Lipinski definition) is 4. The smallest absolute Gasteiger partial charge is 0.431 e. The van der Waals surface area contributed by atoms with Crippen LogP contribution >= 0.6 is 7.82 Å². The summed E-state index contributed by atoms with van der Waals surface area (Å²) < 4.78 is 67.3. The highest BCUT2D eigenvalue weighted by Crippen LogP contribution is 2.71. The number of nitro groups is 1. The van der Waals surface area contributed by atoms with Gasteiger partial charge in [0.05, 0.1) is 11.0 Å². The van der Waals surface area contributed by atoms with Crippen LogP contribution in [-0.4, -0.2) is 105 Å². The number of ether oxygens (including phenoxy) is 3. The van der Waals surface area contributed by atoms with Crippen molar-refractivity contribution in [2.24, 2.45) is 28.6 Å². The quantitative estimate of drug-likeness (QED) is 0.0490. The first-order valence-corrected chi connectivity index (χ1v) is 26.4. The predicted molar refractivity (Wildman–Crippen MR) is 236 cm³/mol. The van der Waals surface area contributed by atoms with E-state index in [9.17, 15) is 53.8 Å². The summed E-state index contributed by atoms with van der Waals surface area (Å²) in [4.78, 5) is 88.9. The first-order chi connectivity index (χ1) is 31.0. The lowest BCUT2D eigenvalue weighted by Crippen LogP contribution is -2.69. The molecule has 67 heavy (non-hydrogen) atoms. The second kappa shape index (κ2) is 17.5. The molecule has 4 N–H and O–H groups in total. The van der Waals surface area contributed by atoms with E-state index in [1.807, 2.05) is 33.9 Å². The summed E-state index contributed by atoms with van der Waals surface area (Å²) in [6.07, 6.45) is -3.57. The third-order valence-corrected chi connectivity index (χ3v) is 21.0. The van der Waals surface area contributed by atoms with Gasteiger partial charge in [0.1, 0.15) is 42.9 Å². The van der Waals surface area contributed by atoms with Crippen LogP contribution < -0.4 is 16.0 Å². The number of aliphatic hydroxyl groups is 2. The molecule has 13 atom stereocenters. The fraction of sp³-hybridized carbons (Fsp3) is 0.614. The number of halogens is 1. The van der Waals surface area contributed by atoms with Crippen molar-refractivity contribution in [3.63, 3.8) is 0 Å². The molecule has 366 valence electrons. The van der Waals surface area contributed by atoms with Gasteiger partial charge in [0.2, 0.25) is 0 Å². The zero-order chi connectivity index (χ0) is 49.4. The Kier molecular flexibility index (Phi) is 13.1. The number of carbonyl (C=O) groups excluding carboxylic acids is 3. The number of fused-ring (bicyclic) bond motifs is 5. The average Bonchev–Trinajstić information content (AvgIpc) is 3.65. The Morgan fingerprint density at radius 1 is 1.10 bits per heavy atom. The third kappa shape index (κ3) is 8.66. The van der Waals surface area contributed by atoms with E-state index in [1.165, 1.54) is 18.2 Å². The van der Waals surface area contributed by atoms with E-state index in [0.717, 1.165) is 41.1 Å². The molecule has 1 aliphatic heterocycles. The lowest BCUT2D eigenvalue weighted by atomic mass is 9.44. The van der Waals surface area contributed by atoms with E-state index in [-0.39, 0.29) is 36.5 Å². The summed E-state index contributed by atoms with van der Waals surface area (Å²) >= 11 is 0. The van der Waals surface area contributed by atoms with Crippen molar-refractivity contribution in [2.45, 2.75) is 127 Å². The number of aromatic nitrogens is 2. The molecular formula is C44H57FN3O17PSi. The normalized spacial score (nSPS) is 35.7. The van der Waals surface area contributed by atoms with Gasteiger partial charge in [-0.15, -0.1) is 0 Å². The van der Waals surface area contributed by atoms with Crippen LogP contribution in [0.3, 0.4) is 0 Å². The Morgan fingerprint density at radius 3 is 2.40 bits per heavy atom. The van der Waals surface area contributed by atoms with E-state index in [2.05, 4.69) is 4.98 Å². The first-order valence-electron chi connectivity index (χ1n) is 22.0. The fourth-order valence-electron chi connectivity index (χ4n) is 11.0. The molecular weight excluding hydrogens is 921 g/mol. The SMILES string of the molecule is C[C@@H]1C[C@H]2[C@@H]3CCC4=CC(=O)C=C[C@]4(C)[C@@]3(F)[C@@H](O)C[C@]2(C)[C@@]1(O)C(=O)COP(=O)(O)O[C@H]1[C@@H](O[Si](C)(C)C(C)(C)C)[C@H](n2ccc(=O)[nH]c2=O)O[C@@H]1COC(=O)Oc1ccc([N+](=O)[O-])cc1. The van der Waals surface area contributed by atoms with Crippen LogP contribution in [0.25, 0.3) is 0 Å². The molecule has 3 saturated carbocycles. The number of nitro benzene ring substituents is 1. The monoisotopic (exact) mass is 977 g/mol. The van der Waals surface area contributed by atoms with Crippen LogP contribution in [0, 0.1) is 38.7 Å². The molecule has 1 aromatic carbocycles. The number of ketones is 2. The van der Waals surface area contributed by atoms with Crippen LogP contribution in [0.5, 0.6) is 5.75 Å². The predicted octanol–water partition coefficient (Wildman–Crippen LogP) is 5.37. The van der Waals surface area contributed by atoms with Gasteiger partial charge in [0, 0.05) is 41.1 Å². The third-order valence-electron chi connectivity index (χ3n) is 15.5. The van der Waals surface area contributed by atoms with Crippen molar-refractivity contribution in [3.8, 4) is 5.75 Å². The van der Waals surface area contributed by atoms with Gasteiger partial charge in [-0.05, 0) is 86.9 Å². The van der Waals surface area contributed by atoms with Crippen LogP contribution in [0.15, 0.2) is 69.9 Å².